The van der Waals surface area contributed by atoms with Crippen LogP contribution in [0.5, 0.6) is 5.75 Å². The second-order valence-corrected chi connectivity index (χ2v) is 5.20. The van der Waals surface area contributed by atoms with E-state index in [0.29, 0.717) is 18.7 Å². The van der Waals surface area contributed by atoms with Crippen molar-refractivity contribution < 1.29 is 19.0 Å². The number of aliphatic carboxylic acids is 1. The van der Waals surface area contributed by atoms with Gasteiger partial charge in [-0.15, -0.1) is 0 Å². The van der Waals surface area contributed by atoms with Gasteiger partial charge < -0.3 is 27.0 Å². The van der Waals surface area contributed by atoms with Crippen molar-refractivity contribution in [1.29, 1.82) is 0 Å². The fourth-order valence-corrected chi connectivity index (χ4v) is 2.13. The van der Waals surface area contributed by atoms with Crippen LogP contribution in [-0.2, 0) is 11.2 Å². The SMILES string of the molecule is NC(N)=NC[C@@H](Cc1ccc(OCCF)cc1)C[C@H](N)C(=O)O. The van der Waals surface area contributed by atoms with Gasteiger partial charge in [0.1, 0.15) is 25.1 Å². The minimum absolute atomic E-state index is 0.0138. The molecule has 0 bridgehead atoms. The molecule has 8 heteroatoms. The average Bonchev–Trinajstić information content (AvgIpc) is 2.51. The third kappa shape index (κ3) is 7.46. The summed E-state index contributed by atoms with van der Waals surface area (Å²) in [6.07, 6.45) is 0.827. The number of nitrogens with zero attached hydrogens (tertiary/aromatic N) is 1. The highest BCUT2D eigenvalue weighted by Gasteiger charge is 2.19. The highest BCUT2D eigenvalue weighted by atomic mass is 19.1. The lowest BCUT2D eigenvalue weighted by Gasteiger charge is -2.17. The number of hydrogen-bond donors (Lipinski definition) is 4. The van der Waals surface area contributed by atoms with Crippen LogP contribution in [-0.4, -0.2) is 42.9 Å². The number of guanidine groups is 1. The van der Waals surface area contributed by atoms with E-state index in [-0.39, 0.29) is 24.9 Å². The van der Waals surface area contributed by atoms with Crippen LogP contribution in [0.1, 0.15) is 12.0 Å². The molecule has 1 rings (SSSR count). The van der Waals surface area contributed by atoms with E-state index >= 15 is 0 Å². The lowest BCUT2D eigenvalue weighted by atomic mass is 9.93. The van der Waals surface area contributed by atoms with Crippen molar-refractivity contribution in [2.45, 2.75) is 18.9 Å². The topological polar surface area (TPSA) is 137 Å². The van der Waals surface area contributed by atoms with Gasteiger partial charge in [-0.25, -0.2) is 4.39 Å². The molecule has 0 fully saturated rings. The summed E-state index contributed by atoms with van der Waals surface area (Å²) in [5, 5.41) is 8.94. The number of alkyl halides is 1. The fourth-order valence-electron chi connectivity index (χ4n) is 2.13. The monoisotopic (exact) mass is 326 g/mol. The molecule has 0 amide bonds. The number of aliphatic imine (C=N–C) groups is 1. The highest BCUT2D eigenvalue weighted by molar-refractivity contribution is 5.75. The van der Waals surface area contributed by atoms with Crippen LogP contribution in [0.3, 0.4) is 0 Å². The molecule has 0 aliphatic rings. The smallest absolute Gasteiger partial charge is 0.320 e. The molecule has 0 saturated carbocycles. The Morgan fingerprint density at radius 2 is 1.96 bits per heavy atom. The van der Waals surface area contributed by atoms with E-state index in [1.165, 1.54) is 0 Å². The third-order valence-electron chi connectivity index (χ3n) is 3.23. The van der Waals surface area contributed by atoms with Gasteiger partial charge in [-0.2, -0.15) is 0 Å². The molecule has 23 heavy (non-hydrogen) atoms. The third-order valence-corrected chi connectivity index (χ3v) is 3.23. The van der Waals surface area contributed by atoms with Gasteiger partial charge in [-0.3, -0.25) is 9.79 Å². The molecule has 0 aliphatic heterocycles. The second kappa shape index (κ2) is 9.62. The summed E-state index contributed by atoms with van der Waals surface area (Å²) >= 11 is 0. The standard InChI is InChI=1S/C15H23FN4O3/c16-5-6-23-12-3-1-10(2-4-12)7-11(9-20-15(18)19)8-13(17)14(21)22/h1-4,11,13H,5-9,17H2,(H,21,22)(H4,18,19,20)/t11-,13-/m0/s1. The van der Waals surface area contributed by atoms with Crippen LogP contribution in [0, 0.1) is 5.92 Å². The van der Waals surface area contributed by atoms with Gasteiger partial charge in [-0.05, 0) is 36.5 Å². The largest absolute Gasteiger partial charge is 0.491 e. The molecular weight excluding hydrogens is 303 g/mol. The number of carbonyl (C=O) groups is 1. The first-order valence-corrected chi connectivity index (χ1v) is 7.23. The first kappa shape index (κ1) is 18.7. The number of carboxylic acid groups (broad SMARTS) is 1. The highest BCUT2D eigenvalue weighted by Crippen LogP contribution is 2.18. The summed E-state index contributed by atoms with van der Waals surface area (Å²) < 4.78 is 17.2. The van der Waals surface area contributed by atoms with Gasteiger partial charge in [0, 0.05) is 6.54 Å². The van der Waals surface area contributed by atoms with Gasteiger partial charge in [0.15, 0.2) is 5.96 Å². The molecule has 128 valence electrons. The van der Waals surface area contributed by atoms with E-state index in [4.69, 9.17) is 27.0 Å². The number of benzene rings is 1. The van der Waals surface area contributed by atoms with E-state index in [9.17, 15) is 9.18 Å². The van der Waals surface area contributed by atoms with Gasteiger partial charge in [-0.1, -0.05) is 12.1 Å². The summed E-state index contributed by atoms with van der Waals surface area (Å²) in [5.74, 6) is -0.640. The maximum Gasteiger partial charge on any atom is 0.320 e. The minimum atomic E-state index is -1.06. The molecule has 0 aromatic heterocycles. The Kier molecular flexibility index (Phi) is 7.82. The van der Waals surface area contributed by atoms with Gasteiger partial charge in [0.25, 0.3) is 0 Å². The van der Waals surface area contributed by atoms with Crippen molar-refractivity contribution >= 4 is 11.9 Å². The van der Waals surface area contributed by atoms with Gasteiger partial charge in [0.2, 0.25) is 0 Å². The zero-order valence-electron chi connectivity index (χ0n) is 12.8. The molecule has 1 aromatic carbocycles. The zero-order chi connectivity index (χ0) is 17.2. The Morgan fingerprint density at radius 3 is 2.48 bits per heavy atom. The van der Waals surface area contributed by atoms with E-state index in [2.05, 4.69) is 4.99 Å². The lowest BCUT2D eigenvalue weighted by Crippen LogP contribution is -2.34. The molecule has 0 spiro atoms. The number of ether oxygens (including phenoxy) is 1. The summed E-state index contributed by atoms with van der Waals surface area (Å²) in [6.45, 7) is -0.237. The molecule has 1 aromatic rings. The number of rotatable bonds is 10. The van der Waals surface area contributed by atoms with E-state index in [1.807, 2.05) is 12.1 Å². The summed E-state index contributed by atoms with van der Waals surface area (Å²) in [6, 6.07) is 6.17. The zero-order valence-corrected chi connectivity index (χ0v) is 12.8. The predicted octanol–water partition coefficient (Wildman–Crippen LogP) is 0.269. The van der Waals surface area contributed by atoms with E-state index < -0.39 is 18.7 Å². The molecule has 7 nitrogen and oxygen atoms in total. The Morgan fingerprint density at radius 1 is 1.30 bits per heavy atom. The molecular formula is C15H23FN4O3. The van der Waals surface area contributed by atoms with Crippen LogP contribution >= 0.6 is 0 Å². The van der Waals surface area contributed by atoms with Crippen molar-refractivity contribution in [3.8, 4) is 5.75 Å². The summed E-state index contributed by atoms with van der Waals surface area (Å²) in [4.78, 5) is 14.9. The molecule has 7 N–H and O–H groups in total. The number of halogens is 1. The fraction of sp³-hybridized carbons (Fsp3) is 0.467. The van der Waals surface area contributed by atoms with Crippen molar-refractivity contribution in [3.05, 3.63) is 29.8 Å². The van der Waals surface area contributed by atoms with E-state index in [1.54, 1.807) is 12.1 Å². The van der Waals surface area contributed by atoms with Gasteiger partial charge >= 0.3 is 5.97 Å². The molecule has 0 heterocycles. The van der Waals surface area contributed by atoms with Crippen LogP contribution in [0.15, 0.2) is 29.3 Å². The van der Waals surface area contributed by atoms with Crippen LogP contribution < -0.4 is 21.9 Å². The first-order valence-electron chi connectivity index (χ1n) is 7.23. The number of nitrogens with two attached hydrogens (primary N) is 3. The quantitative estimate of drug-likeness (QED) is 0.360. The Bertz CT molecular complexity index is 518. The van der Waals surface area contributed by atoms with Crippen LogP contribution in [0.2, 0.25) is 0 Å². The molecule has 0 unspecified atom stereocenters. The Balaban J connectivity index is 2.70. The summed E-state index contributed by atoms with van der Waals surface area (Å²) in [5.41, 5.74) is 17.2. The number of carboxylic acids is 1. The Hall–Kier alpha value is -2.35. The van der Waals surface area contributed by atoms with Crippen molar-refractivity contribution in [3.63, 3.8) is 0 Å². The van der Waals surface area contributed by atoms with Crippen LogP contribution in [0.25, 0.3) is 0 Å². The molecule has 0 saturated heterocycles. The normalized spacial score (nSPS) is 13.1. The average molecular weight is 326 g/mol. The maximum atomic E-state index is 12.0. The lowest BCUT2D eigenvalue weighted by molar-refractivity contribution is -0.138. The predicted molar refractivity (Wildman–Crippen MR) is 86.0 cm³/mol. The molecule has 0 radical (unpaired) electrons. The molecule has 0 aliphatic carbocycles. The van der Waals surface area contributed by atoms with E-state index in [0.717, 1.165) is 5.56 Å². The maximum absolute atomic E-state index is 12.0. The molecule has 2 atom stereocenters. The second-order valence-electron chi connectivity index (χ2n) is 5.20. The Labute approximate surface area is 134 Å². The summed E-state index contributed by atoms with van der Waals surface area (Å²) in [7, 11) is 0. The van der Waals surface area contributed by atoms with Crippen molar-refractivity contribution in [2.75, 3.05) is 19.8 Å². The van der Waals surface area contributed by atoms with Crippen molar-refractivity contribution in [1.82, 2.24) is 0 Å². The van der Waals surface area contributed by atoms with Crippen LogP contribution in [0.4, 0.5) is 4.39 Å². The first-order chi connectivity index (χ1) is 10.9. The minimum Gasteiger partial charge on any atom is -0.491 e. The number of hydrogen-bond acceptors (Lipinski definition) is 4. The van der Waals surface area contributed by atoms with Crippen molar-refractivity contribution in [2.24, 2.45) is 28.1 Å². The van der Waals surface area contributed by atoms with Gasteiger partial charge in [0.05, 0.1) is 0 Å².